The van der Waals surface area contributed by atoms with Crippen molar-refractivity contribution in [2.24, 2.45) is 0 Å². The van der Waals surface area contributed by atoms with Gasteiger partial charge in [0.05, 0.1) is 6.04 Å². The first kappa shape index (κ1) is 18.4. The molecular weight excluding hydrogens is 403 g/mol. The van der Waals surface area contributed by atoms with Gasteiger partial charge in [0.2, 0.25) is 0 Å². The van der Waals surface area contributed by atoms with E-state index in [0.717, 1.165) is 38.0 Å². The molecular formula is C18H27IN2O2. The maximum Gasteiger partial charge on any atom is 0.410 e. The molecule has 1 saturated heterocycles. The van der Waals surface area contributed by atoms with Crippen LogP contribution >= 0.6 is 22.6 Å². The molecule has 0 spiro atoms. The van der Waals surface area contributed by atoms with Crippen molar-refractivity contribution < 1.29 is 9.53 Å². The van der Waals surface area contributed by atoms with E-state index >= 15 is 0 Å². The Balaban J connectivity index is 1.99. The molecule has 1 aromatic carbocycles. The van der Waals surface area contributed by atoms with Crippen molar-refractivity contribution in [3.8, 4) is 0 Å². The fourth-order valence-corrected chi connectivity index (χ4v) is 3.47. The largest absolute Gasteiger partial charge is 0.444 e. The highest BCUT2D eigenvalue weighted by Crippen LogP contribution is 2.22. The van der Waals surface area contributed by atoms with Crippen LogP contribution in [0.1, 0.15) is 45.6 Å². The van der Waals surface area contributed by atoms with E-state index in [9.17, 15) is 4.79 Å². The van der Waals surface area contributed by atoms with Gasteiger partial charge in [0.15, 0.2) is 0 Å². The summed E-state index contributed by atoms with van der Waals surface area (Å²) >= 11 is 2.32. The van der Waals surface area contributed by atoms with Crippen LogP contribution in [-0.4, -0.2) is 35.7 Å². The first-order valence-electron chi connectivity index (χ1n) is 8.26. The number of piperidine rings is 1. The lowest BCUT2D eigenvalue weighted by molar-refractivity contribution is 0.0114. The van der Waals surface area contributed by atoms with Crippen LogP contribution in [0.5, 0.6) is 0 Å². The number of ether oxygens (including phenoxy) is 1. The Kier molecular flexibility index (Phi) is 6.17. The molecule has 0 aliphatic carbocycles. The van der Waals surface area contributed by atoms with E-state index in [2.05, 4.69) is 53.0 Å². The summed E-state index contributed by atoms with van der Waals surface area (Å²) < 4.78 is 6.79. The minimum atomic E-state index is -0.445. The van der Waals surface area contributed by atoms with E-state index < -0.39 is 5.60 Å². The molecule has 0 aromatic heterocycles. The van der Waals surface area contributed by atoms with Gasteiger partial charge in [-0.05, 0) is 93.3 Å². The Morgan fingerprint density at radius 3 is 2.78 bits per heavy atom. The number of benzene rings is 1. The van der Waals surface area contributed by atoms with Crippen LogP contribution < -0.4 is 5.32 Å². The third-order valence-electron chi connectivity index (χ3n) is 3.97. The number of aryl methyl sites for hydroxylation is 1. The maximum atomic E-state index is 12.4. The number of carbonyl (C=O) groups is 1. The van der Waals surface area contributed by atoms with Crippen LogP contribution in [0.25, 0.3) is 0 Å². The van der Waals surface area contributed by atoms with Crippen molar-refractivity contribution in [2.75, 3.05) is 18.4 Å². The van der Waals surface area contributed by atoms with E-state index in [1.807, 2.05) is 25.7 Å². The highest BCUT2D eigenvalue weighted by molar-refractivity contribution is 14.1. The number of hydrogen-bond donors (Lipinski definition) is 1. The number of nitrogens with zero attached hydrogens (tertiary/aromatic N) is 1. The van der Waals surface area contributed by atoms with Crippen LogP contribution in [0, 0.1) is 10.5 Å². The summed E-state index contributed by atoms with van der Waals surface area (Å²) in [4.78, 5) is 14.3. The summed E-state index contributed by atoms with van der Waals surface area (Å²) in [6.45, 7) is 9.40. The molecule has 1 unspecified atom stereocenters. The number of nitrogens with one attached hydrogen (secondary N) is 1. The molecule has 1 aliphatic heterocycles. The zero-order valence-corrected chi connectivity index (χ0v) is 16.6. The van der Waals surface area contributed by atoms with Crippen molar-refractivity contribution in [3.63, 3.8) is 0 Å². The van der Waals surface area contributed by atoms with Gasteiger partial charge in [-0.2, -0.15) is 0 Å². The molecule has 23 heavy (non-hydrogen) atoms. The number of likely N-dealkylation sites (tertiary alicyclic amines) is 1. The molecule has 128 valence electrons. The highest BCUT2D eigenvalue weighted by atomic mass is 127. The van der Waals surface area contributed by atoms with Gasteiger partial charge < -0.3 is 15.0 Å². The van der Waals surface area contributed by atoms with E-state index in [4.69, 9.17) is 4.74 Å². The van der Waals surface area contributed by atoms with Crippen LogP contribution in [0.4, 0.5) is 10.5 Å². The van der Waals surface area contributed by atoms with Gasteiger partial charge in [-0.3, -0.25) is 0 Å². The molecule has 1 aromatic rings. The van der Waals surface area contributed by atoms with Crippen LogP contribution in [0.2, 0.25) is 0 Å². The van der Waals surface area contributed by atoms with Gasteiger partial charge in [-0.15, -0.1) is 0 Å². The molecule has 4 nitrogen and oxygen atoms in total. The summed E-state index contributed by atoms with van der Waals surface area (Å²) in [6.07, 6.45) is 3.05. The highest BCUT2D eigenvalue weighted by Gasteiger charge is 2.30. The zero-order chi connectivity index (χ0) is 17.0. The molecule has 1 N–H and O–H groups in total. The smallest absolute Gasteiger partial charge is 0.410 e. The molecule has 5 heteroatoms. The standard InChI is InChI=1S/C18H27IN2O2/c1-13-11-14(19)8-9-16(13)20-12-15-7-5-6-10-21(15)17(22)23-18(2,3)4/h8-9,11,15,20H,5-7,10,12H2,1-4H3. The van der Waals surface area contributed by atoms with Gasteiger partial charge in [0, 0.05) is 22.3 Å². The van der Waals surface area contributed by atoms with Gasteiger partial charge in [-0.25, -0.2) is 4.79 Å². The molecule has 1 atom stereocenters. The third kappa shape index (κ3) is 5.55. The Morgan fingerprint density at radius 1 is 1.39 bits per heavy atom. The van der Waals surface area contributed by atoms with Crippen molar-refractivity contribution >= 4 is 34.4 Å². The van der Waals surface area contributed by atoms with E-state index in [1.54, 1.807) is 0 Å². The summed E-state index contributed by atoms with van der Waals surface area (Å²) in [5.41, 5.74) is 1.93. The van der Waals surface area contributed by atoms with Crippen molar-refractivity contribution in [1.29, 1.82) is 0 Å². The van der Waals surface area contributed by atoms with E-state index in [-0.39, 0.29) is 12.1 Å². The first-order chi connectivity index (χ1) is 10.8. The summed E-state index contributed by atoms with van der Waals surface area (Å²) in [5.74, 6) is 0. The van der Waals surface area contributed by atoms with Gasteiger partial charge >= 0.3 is 6.09 Å². The SMILES string of the molecule is Cc1cc(I)ccc1NCC1CCCCN1C(=O)OC(C)(C)C. The second kappa shape index (κ2) is 7.73. The van der Waals surface area contributed by atoms with Crippen molar-refractivity contribution in [3.05, 3.63) is 27.3 Å². The number of anilines is 1. The predicted molar refractivity (Wildman–Crippen MR) is 103 cm³/mol. The van der Waals surface area contributed by atoms with E-state index in [0.29, 0.717) is 0 Å². The molecule has 0 bridgehead atoms. The lowest BCUT2D eigenvalue weighted by atomic mass is 10.0. The Labute approximate surface area is 153 Å². The second-order valence-corrected chi connectivity index (χ2v) is 8.41. The minimum absolute atomic E-state index is 0.191. The minimum Gasteiger partial charge on any atom is -0.444 e. The molecule has 0 saturated carbocycles. The summed E-state index contributed by atoms with van der Waals surface area (Å²) in [6, 6.07) is 6.56. The zero-order valence-electron chi connectivity index (χ0n) is 14.5. The number of rotatable bonds is 3. The Morgan fingerprint density at radius 2 is 2.13 bits per heavy atom. The summed E-state index contributed by atoms with van der Waals surface area (Å²) in [7, 11) is 0. The molecule has 1 aliphatic rings. The first-order valence-corrected chi connectivity index (χ1v) is 9.34. The van der Waals surface area contributed by atoms with Crippen molar-refractivity contribution in [2.45, 2.75) is 58.6 Å². The molecule has 0 radical (unpaired) electrons. The van der Waals surface area contributed by atoms with Crippen molar-refractivity contribution in [1.82, 2.24) is 4.90 Å². The normalized spacial score (nSPS) is 18.7. The fourth-order valence-electron chi connectivity index (χ4n) is 2.83. The lowest BCUT2D eigenvalue weighted by Crippen LogP contribution is -2.48. The average Bonchev–Trinajstić information content (AvgIpc) is 2.45. The molecule has 1 amide bonds. The van der Waals surface area contributed by atoms with Gasteiger partial charge in [-0.1, -0.05) is 0 Å². The van der Waals surface area contributed by atoms with E-state index in [1.165, 1.54) is 9.13 Å². The van der Waals surface area contributed by atoms with Gasteiger partial charge in [0.1, 0.15) is 5.60 Å². The number of amides is 1. The van der Waals surface area contributed by atoms with Crippen LogP contribution in [-0.2, 0) is 4.74 Å². The van der Waals surface area contributed by atoms with Crippen LogP contribution in [0.15, 0.2) is 18.2 Å². The second-order valence-electron chi connectivity index (χ2n) is 7.16. The van der Waals surface area contributed by atoms with Gasteiger partial charge in [0.25, 0.3) is 0 Å². The maximum absolute atomic E-state index is 12.4. The summed E-state index contributed by atoms with van der Waals surface area (Å²) in [5, 5.41) is 3.50. The lowest BCUT2D eigenvalue weighted by Gasteiger charge is -2.37. The predicted octanol–water partition coefficient (Wildman–Crippen LogP) is 4.80. The Hall–Kier alpha value is -0.980. The molecule has 2 rings (SSSR count). The van der Waals surface area contributed by atoms with Crippen LogP contribution in [0.3, 0.4) is 0 Å². The molecule has 1 fully saturated rings. The topological polar surface area (TPSA) is 41.6 Å². The quantitative estimate of drug-likeness (QED) is 0.701. The Bertz CT molecular complexity index is 554. The third-order valence-corrected chi connectivity index (χ3v) is 4.64. The number of hydrogen-bond acceptors (Lipinski definition) is 3. The number of carbonyl (C=O) groups excluding carboxylic acids is 1. The fraction of sp³-hybridized carbons (Fsp3) is 0.611. The average molecular weight is 430 g/mol. The molecule has 1 heterocycles. The monoisotopic (exact) mass is 430 g/mol. The number of halogens is 1.